The summed E-state index contributed by atoms with van der Waals surface area (Å²) in [6.45, 7) is 1.34. The minimum Gasteiger partial charge on any atom is -0.357 e. The number of pyridine rings is 1. The number of likely N-dealkylation sites (tertiary alicyclic amines) is 1. The zero-order valence-corrected chi connectivity index (χ0v) is 13.1. The van der Waals surface area contributed by atoms with Crippen molar-refractivity contribution < 1.29 is 9.32 Å². The van der Waals surface area contributed by atoms with Crippen LogP contribution in [0.4, 0.5) is 0 Å². The van der Waals surface area contributed by atoms with Crippen LogP contribution in [0.2, 0.25) is 0 Å². The average molecular weight is 323 g/mol. The van der Waals surface area contributed by atoms with Crippen molar-refractivity contribution in [2.24, 2.45) is 0 Å². The summed E-state index contributed by atoms with van der Waals surface area (Å²) in [6, 6.07) is 7.35. The Labute approximate surface area is 138 Å². The van der Waals surface area contributed by atoms with Gasteiger partial charge >= 0.3 is 0 Å². The molecule has 0 radical (unpaired) electrons. The summed E-state index contributed by atoms with van der Waals surface area (Å²) < 4.78 is 5.44. The zero-order chi connectivity index (χ0) is 16.4. The Morgan fingerprint density at radius 3 is 3.08 bits per heavy atom. The van der Waals surface area contributed by atoms with Crippen molar-refractivity contribution in [3.63, 3.8) is 0 Å². The number of H-pyrrole nitrogens is 1. The van der Waals surface area contributed by atoms with Crippen LogP contribution >= 0.6 is 0 Å². The van der Waals surface area contributed by atoms with Gasteiger partial charge in [-0.25, -0.2) is 0 Å². The van der Waals surface area contributed by atoms with E-state index in [9.17, 15) is 4.79 Å². The number of piperidine rings is 1. The molecule has 1 saturated heterocycles. The van der Waals surface area contributed by atoms with E-state index in [0.29, 0.717) is 24.0 Å². The Kier molecular flexibility index (Phi) is 3.82. The smallest absolute Gasteiger partial charge is 0.270 e. The van der Waals surface area contributed by atoms with Gasteiger partial charge in [0.25, 0.3) is 5.91 Å². The molecule has 1 aliphatic rings. The molecule has 1 atom stereocenters. The summed E-state index contributed by atoms with van der Waals surface area (Å²) in [6.07, 6.45) is 7.02. The second kappa shape index (κ2) is 6.27. The molecule has 4 rings (SSSR count). The first kappa shape index (κ1) is 14.6. The number of aromatic amines is 1. The second-order valence-corrected chi connectivity index (χ2v) is 5.87. The molecule has 1 amide bonds. The van der Waals surface area contributed by atoms with E-state index in [1.165, 1.54) is 0 Å². The van der Waals surface area contributed by atoms with Crippen LogP contribution in [0.1, 0.15) is 35.1 Å². The molecule has 4 heterocycles. The van der Waals surface area contributed by atoms with E-state index < -0.39 is 0 Å². The van der Waals surface area contributed by atoms with Crippen LogP contribution in [0.5, 0.6) is 0 Å². The van der Waals surface area contributed by atoms with Crippen LogP contribution < -0.4 is 0 Å². The maximum Gasteiger partial charge on any atom is 0.270 e. The number of carbonyl (C=O) groups is 1. The molecule has 0 saturated carbocycles. The van der Waals surface area contributed by atoms with E-state index in [4.69, 9.17) is 4.52 Å². The van der Waals surface area contributed by atoms with E-state index in [1.54, 1.807) is 24.7 Å². The summed E-state index contributed by atoms with van der Waals surface area (Å²) in [5.74, 6) is 1.19. The SMILES string of the molecule is O=C(c1ccc[nH]1)N1CCC[C@H](c2nc(-c3cccnc3)no2)C1. The fourth-order valence-electron chi connectivity index (χ4n) is 3.01. The summed E-state index contributed by atoms with van der Waals surface area (Å²) in [7, 11) is 0. The minimum atomic E-state index is 0.0108. The summed E-state index contributed by atoms with van der Waals surface area (Å²) in [4.78, 5) is 25.9. The fraction of sp³-hybridized carbons (Fsp3) is 0.294. The topological polar surface area (TPSA) is 87.9 Å². The van der Waals surface area contributed by atoms with Crippen molar-refractivity contribution in [2.45, 2.75) is 18.8 Å². The first-order valence-electron chi connectivity index (χ1n) is 7.98. The molecule has 3 aromatic heterocycles. The Bertz CT molecular complexity index is 813. The third kappa shape index (κ3) is 2.80. The summed E-state index contributed by atoms with van der Waals surface area (Å²) >= 11 is 0. The highest BCUT2D eigenvalue weighted by Gasteiger charge is 2.29. The third-order valence-corrected chi connectivity index (χ3v) is 4.25. The van der Waals surface area contributed by atoms with Crippen LogP contribution in [0, 0.1) is 0 Å². The second-order valence-electron chi connectivity index (χ2n) is 5.87. The van der Waals surface area contributed by atoms with Crippen LogP contribution in [0.25, 0.3) is 11.4 Å². The molecule has 122 valence electrons. The highest BCUT2D eigenvalue weighted by Crippen LogP contribution is 2.28. The van der Waals surface area contributed by atoms with Crippen LogP contribution in [-0.4, -0.2) is 44.0 Å². The zero-order valence-electron chi connectivity index (χ0n) is 13.1. The summed E-state index contributed by atoms with van der Waals surface area (Å²) in [5.41, 5.74) is 1.43. The number of nitrogens with one attached hydrogen (secondary N) is 1. The molecule has 7 nitrogen and oxygen atoms in total. The van der Waals surface area contributed by atoms with Gasteiger partial charge in [0.05, 0.1) is 5.92 Å². The van der Waals surface area contributed by atoms with Gasteiger partial charge in [0.2, 0.25) is 11.7 Å². The molecule has 0 unspecified atom stereocenters. The molecule has 1 aliphatic heterocycles. The number of hydrogen-bond acceptors (Lipinski definition) is 5. The Hall–Kier alpha value is -2.96. The lowest BCUT2D eigenvalue weighted by Crippen LogP contribution is -2.39. The molecule has 0 aliphatic carbocycles. The number of aromatic nitrogens is 4. The first-order chi connectivity index (χ1) is 11.8. The van der Waals surface area contributed by atoms with Crippen LogP contribution in [0.15, 0.2) is 47.4 Å². The molecule has 7 heteroatoms. The minimum absolute atomic E-state index is 0.0108. The van der Waals surface area contributed by atoms with Crippen molar-refractivity contribution in [3.8, 4) is 11.4 Å². The third-order valence-electron chi connectivity index (χ3n) is 4.25. The lowest BCUT2D eigenvalue weighted by molar-refractivity contribution is 0.0690. The van der Waals surface area contributed by atoms with Gasteiger partial charge in [-0.2, -0.15) is 4.98 Å². The number of carbonyl (C=O) groups excluding carboxylic acids is 1. The molecule has 24 heavy (non-hydrogen) atoms. The molecule has 1 N–H and O–H groups in total. The van der Waals surface area contributed by atoms with Gasteiger partial charge in [-0.3, -0.25) is 9.78 Å². The molecule has 0 bridgehead atoms. The standard InChI is InChI=1S/C17H17N5O2/c23-17(14-6-2-8-19-14)22-9-3-5-13(11-22)16-20-15(21-24-16)12-4-1-7-18-10-12/h1-2,4,6-8,10,13,19H,3,5,9,11H2/t13-/m0/s1. The fourth-order valence-corrected chi connectivity index (χ4v) is 3.01. The molecular formula is C17H17N5O2. The van der Waals surface area contributed by atoms with E-state index in [-0.39, 0.29) is 11.8 Å². The Morgan fingerprint density at radius 1 is 1.33 bits per heavy atom. The van der Waals surface area contributed by atoms with Gasteiger partial charge in [-0.05, 0) is 37.1 Å². The highest BCUT2D eigenvalue weighted by atomic mass is 16.5. The summed E-state index contributed by atoms with van der Waals surface area (Å²) in [5, 5.41) is 4.05. The predicted octanol–water partition coefficient (Wildman–Crippen LogP) is 2.48. The molecule has 0 spiro atoms. The van der Waals surface area contributed by atoms with Gasteiger partial charge in [0, 0.05) is 37.2 Å². The van der Waals surface area contributed by atoms with E-state index in [1.807, 2.05) is 23.1 Å². The Morgan fingerprint density at radius 2 is 2.29 bits per heavy atom. The number of nitrogens with zero attached hydrogens (tertiary/aromatic N) is 4. The van der Waals surface area contributed by atoms with E-state index >= 15 is 0 Å². The molecule has 1 fully saturated rings. The average Bonchev–Trinajstić information content (AvgIpc) is 3.34. The molecule has 0 aromatic carbocycles. The Balaban J connectivity index is 1.50. The normalized spacial score (nSPS) is 17.8. The largest absolute Gasteiger partial charge is 0.357 e. The molecular weight excluding hydrogens is 306 g/mol. The van der Waals surface area contributed by atoms with Gasteiger partial charge in [0.15, 0.2) is 0 Å². The van der Waals surface area contributed by atoms with Crippen molar-refractivity contribution in [1.82, 2.24) is 25.0 Å². The van der Waals surface area contributed by atoms with Crippen molar-refractivity contribution >= 4 is 5.91 Å². The van der Waals surface area contributed by atoms with Gasteiger partial charge in [-0.15, -0.1) is 0 Å². The van der Waals surface area contributed by atoms with E-state index in [2.05, 4.69) is 20.1 Å². The van der Waals surface area contributed by atoms with Gasteiger partial charge in [0.1, 0.15) is 5.69 Å². The lowest BCUT2D eigenvalue weighted by Gasteiger charge is -2.30. The van der Waals surface area contributed by atoms with Crippen LogP contribution in [-0.2, 0) is 0 Å². The van der Waals surface area contributed by atoms with Crippen molar-refractivity contribution in [2.75, 3.05) is 13.1 Å². The maximum absolute atomic E-state index is 12.5. The van der Waals surface area contributed by atoms with Gasteiger partial charge in [-0.1, -0.05) is 5.16 Å². The first-order valence-corrected chi connectivity index (χ1v) is 7.98. The van der Waals surface area contributed by atoms with Crippen molar-refractivity contribution in [1.29, 1.82) is 0 Å². The predicted molar refractivity (Wildman–Crippen MR) is 86.2 cm³/mol. The quantitative estimate of drug-likeness (QED) is 0.800. The molecule has 3 aromatic rings. The van der Waals surface area contributed by atoms with E-state index in [0.717, 1.165) is 24.9 Å². The number of amides is 1. The highest BCUT2D eigenvalue weighted by molar-refractivity contribution is 5.92. The maximum atomic E-state index is 12.5. The van der Waals surface area contributed by atoms with Gasteiger partial charge < -0.3 is 14.4 Å². The van der Waals surface area contributed by atoms with Crippen molar-refractivity contribution in [3.05, 3.63) is 54.4 Å². The number of hydrogen-bond donors (Lipinski definition) is 1. The monoisotopic (exact) mass is 323 g/mol. The number of rotatable bonds is 3. The van der Waals surface area contributed by atoms with Crippen LogP contribution in [0.3, 0.4) is 0 Å². The lowest BCUT2D eigenvalue weighted by atomic mass is 9.97.